The Morgan fingerprint density at radius 2 is 1.56 bits per heavy atom. The lowest BCUT2D eigenvalue weighted by atomic mass is 9.94. The number of amides is 1. The first kappa shape index (κ1) is 34.1. The van der Waals surface area contributed by atoms with Crippen LogP contribution in [0.1, 0.15) is 53.0 Å². The third-order valence-electron chi connectivity index (χ3n) is 7.51. The summed E-state index contributed by atoms with van der Waals surface area (Å²) in [5.74, 6) is 0.605. The first-order valence-electron chi connectivity index (χ1n) is 14.2. The maximum absolute atomic E-state index is 12.8. The fourth-order valence-electron chi connectivity index (χ4n) is 5.35. The van der Waals surface area contributed by atoms with E-state index in [0.29, 0.717) is 24.5 Å². The molecule has 236 valence electrons. The Morgan fingerprint density at radius 3 is 2.12 bits per heavy atom. The number of sulfonamides is 1. The summed E-state index contributed by atoms with van der Waals surface area (Å²) >= 11 is 0. The molecule has 8 nitrogen and oxygen atoms in total. The van der Waals surface area contributed by atoms with Gasteiger partial charge in [-0.25, -0.2) is 8.42 Å². The van der Waals surface area contributed by atoms with Crippen LogP contribution in [0.4, 0.5) is 18.9 Å². The van der Waals surface area contributed by atoms with Crippen LogP contribution in [-0.4, -0.2) is 74.6 Å². The SMILES string of the molecule is CC(F)(F)F.Cc1ccc(C)c(N2CCN(C=O)CC2)c1.Cc1ccccc1C1CCN(S(=O)(=O)c2c(C)noc2C)C1. The van der Waals surface area contributed by atoms with Crippen molar-refractivity contribution in [1.82, 2.24) is 14.4 Å². The van der Waals surface area contributed by atoms with Crippen LogP contribution < -0.4 is 4.90 Å². The largest absolute Gasteiger partial charge is 0.386 e. The Bertz CT molecular complexity index is 1460. The zero-order valence-corrected chi connectivity index (χ0v) is 26.4. The second-order valence-electron chi connectivity index (χ2n) is 11.1. The van der Waals surface area contributed by atoms with E-state index in [-0.39, 0.29) is 17.7 Å². The van der Waals surface area contributed by atoms with E-state index in [1.54, 1.807) is 18.2 Å². The molecule has 0 radical (unpaired) electrons. The van der Waals surface area contributed by atoms with E-state index in [2.05, 4.69) is 61.2 Å². The number of alkyl halides is 3. The van der Waals surface area contributed by atoms with Crippen LogP contribution in [0.25, 0.3) is 0 Å². The average molecular weight is 623 g/mol. The van der Waals surface area contributed by atoms with Gasteiger partial charge in [0.2, 0.25) is 16.4 Å². The molecule has 0 bridgehead atoms. The van der Waals surface area contributed by atoms with Crippen LogP contribution >= 0.6 is 0 Å². The fraction of sp³-hybridized carbons (Fsp3) is 0.484. The number of anilines is 1. The van der Waals surface area contributed by atoms with Crippen molar-refractivity contribution in [1.29, 1.82) is 0 Å². The number of hydrogen-bond donors (Lipinski definition) is 0. The van der Waals surface area contributed by atoms with Crippen LogP contribution in [0, 0.1) is 34.6 Å². The first-order valence-corrected chi connectivity index (χ1v) is 15.6. The molecule has 1 unspecified atom stereocenters. The summed E-state index contributed by atoms with van der Waals surface area (Å²) in [5.41, 5.74) is 6.79. The van der Waals surface area contributed by atoms with E-state index in [4.69, 9.17) is 4.52 Å². The van der Waals surface area contributed by atoms with E-state index in [9.17, 15) is 26.4 Å². The number of carbonyl (C=O) groups is 1. The molecule has 0 spiro atoms. The van der Waals surface area contributed by atoms with Gasteiger partial charge in [-0.15, -0.1) is 0 Å². The van der Waals surface area contributed by atoms with Crippen molar-refractivity contribution in [3.8, 4) is 0 Å². The van der Waals surface area contributed by atoms with Gasteiger partial charge < -0.3 is 14.3 Å². The first-order chi connectivity index (χ1) is 20.1. The molecule has 43 heavy (non-hydrogen) atoms. The molecule has 3 aromatic rings. The minimum absolute atomic E-state index is 0.188. The number of halogens is 3. The van der Waals surface area contributed by atoms with E-state index in [0.717, 1.165) is 39.0 Å². The topological polar surface area (TPSA) is 87.0 Å². The van der Waals surface area contributed by atoms with Gasteiger partial charge in [0.05, 0.1) is 0 Å². The molecular weight excluding hydrogens is 581 g/mol. The predicted molar refractivity (Wildman–Crippen MR) is 161 cm³/mol. The average Bonchev–Trinajstić information content (AvgIpc) is 3.57. The molecule has 1 atom stereocenters. The lowest BCUT2D eigenvalue weighted by Crippen LogP contribution is -2.45. The quantitative estimate of drug-likeness (QED) is 0.328. The molecular formula is C31H41F3N4O4S. The molecule has 2 aliphatic heterocycles. The smallest absolute Gasteiger partial charge is 0.368 e. The van der Waals surface area contributed by atoms with E-state index < -0.39 is 16.2 Å². The Labute approximate surface area is 252 Å². The van der Waals surface area contributed by atoms with Gasteiger partial charge in [0.15, 0.2) is 5.76 Å². The summed E-state index contributed by atoms with van der Waals surface area (Å²) in [5, 5.41) is 3.76. The highest BCUT2D eigenvalue weighted by atomic mass is 32.2. The van der Waals surface area contributed by atoms with Gasteiger partial charge in [-0.2, -0.15) is 17.5 Å². The number of rotatable bonds is 5. The highest BCUT2D eigenvalue weighted by Crippen LogP contribution is 2.34. The van der Waals surface area contributed by atoms with Gasteiger partial charge >= 0.3 is 6.18 Å². The van der Waals surface area contributed by atoms with Gasteiger partial charge in [-0.1, -0.05) is 41.6 Å². The standard InChI is InChI=1S/C16H20N2O3S.C13H18N2O.C2H3F3/c1-11-6-4-5-7-15(11)14-8-9-18(10-14)22(19,20)16-12(2)17-21-13(16)3;1-11-3-4-12(2)13(9-11)15-7-5-14(10-16)6-8-15;1-2(3,4)5/h4-7,14H,8-10H2,1-3H3;3-4,9-10H,5-8H2,1-2H3;1H3. The van der Waals surface area contributed by atoms with Gasteiger partial charge in [0.25, 0.3) is 0 Å². The fourth-order valence-corrected chi connectivity index (χ4v) is 7.14. The minimum atomic E-state index is -4.00. The summed E-state index contributed by atoms with van der Waals surface area (Å²) in [7, 11) is -3.53. The van der Waals surface area contributed by atoms with Gasteiger partial charge in [-0.05, 0) is 75.3 Å². The number of hydrogen-bond acceptors (Lipinski definition) is 6. The third kappa shape index (κ3) is 9.30. The summed E-state index contributed by atoms with van der Waals surface area (Å²) in [6.07, 6.45) is -2.21. The molecule has 1 amide bonds. The van der Waals surface area contributed by atoms with Gasteiger partial charge in [-0.3, -0.25) is 4.79 Å². The second-order valence-corrected chi connectivity index (χ2v) is 12.9. The zero-order valence-electron chi connectivity index (χ0n) is 25.6. The van der Waals surface area contributed by atoms with Crippen molar-refractivity contribution >= 4 is 22.1 Å². The van der Waals surface area contributed by atoms with E-state index in [1.165, 1.54) is 27.9 Å². The Balaban J connectivity index is 0.000000211. The summed E-state index contributed by atoms with van der Waals surface area (Å²) < 4.78 is 63.3. The number of piperazine rings is 1. The summed E-state index contributed by atoms with van der Waals surface area (Å²) in [6, 6.07) is 14.7. The number of benzene rings is 2. The number of nitrogens with zero attached hydrogens (tertiary/aromatic N) is 4. The lowest BCUT2D eigenvalue weighted by Gasteiger charge is -2.35. The predicted octanol–water partition coefficient (Wildman–Crippen LogP) is 5.93. The Kier molecular flexibility index (Phi) is 11.4. The van der Waals surface area contributed by atoms with Gasteiger partial charge in [0.1, 0.15) is 10.6 Å². The van der Waals surface area contributed by atoms with Crippen molar-refractivity contribution < 1.29 is 30.9 Å². The van der Waals surface area contributed by atoms with Crippen molar-refractivity contribution in [2.24, 2.45) is 0 Å². The maximum atomic E-state index is 12.8. The van der Waals surface area contributed by atoms with E-state index in [1.807, 2.05) is 17.0 Å². The van der Waals surface area contributed by atoms with Crippen LogP contribution in [0.3, 0.4) is 0 Å². The normalized spacial score (nSPS) is 17.6. The second kappa shape index (κ2) is 14.4. The van der Waals surface area contributed by atoms with Crippen LogP contribution in [0.2, 0.25) is 0 Å². The highest BCUT2D eigenvalue weighted by molar-refractivity contribution is 7.89. The molecule has 2 saturated heterocycles. The molecule has 2 aromatic carbocycles. The summed E-state index contributed by atoms with van der Waals surface area (Å²) in [6.45, 7) is 14.4. The zero-order chi connectivity index (χ0) is 31.9. The van der Waals surface area contributed by atoms with Crippen LogP contribution in [-0.2, 0) is 14.8 Å². The molecule has 0 N–H and O–H groups in total. The minimum Gasteiger partial charge on any atom is -0.368 e. The summed E-state index contributed by atoms with van der Waals surface area (Å²) in [4.78, 5) is 15.1. The Hall–Kier alpha value is -3.38. The molecule has 3 heterocycles. The molecule has 1 aromatic heterocycles. The number of aromatic nitrogens is 1. The highest BCUT2D eigenvalue weighted by Gasteiger charge is 2.37. The number of aryl methyl sites for hydroxylation is 5. The molecule has 12 heteroatoms. The van der Waals surface area contributed by atoms with Crippen LogP contribution in [0.5, 0.6) is 0 Å². The molecule has 0 aliphatic carbocycles. The maximum Gasteiger partial charge on any atom is 0.386 e. The molecule has 0 saturated carbocycles. The van der Waals surface area contributed by atoms with Crippen molar-refractivity contribution in [3.05, 3.63) is 76.2 Å². The monoisotopic (exact) mass is 622 g/mol. The van der Waals surface area contributed by atoms with E-state index >= 15 is 0 Å². The van der Waals surface area contributed by atoms with Crippen LogP contribution in [0.15, 0.2) is 51.9 Å². The number of carbonyl (C=O) groups excluding carboxylic acids is 1. The molecule has 5 rings (SSSR count). The molecule has 2 fully saturated rings. The van der Waals surface area contributed by atoms with Crippen molar-refractivity contribution in [2.45, 2.75) is 65.0 Å². The van der Waals surface area contributed by atoms with Crippen molar-refractivity contribution in [3.63, 3.8) is 0 Å². The lowest BCUT2D eigenvalue weighted by molar-refractivity contribution is -0.118. The third-order valence-corrected chi connectivity index (χ3v) is 9.62. The van der Waals surface area contributed by atoms with Crippen molar-refractivity contribution in [2.75, 3.05) is 44.2 Å². The van der Waals surface area contributed by atoms with Gasteiger partial charge in [0, 0.05) is 51.9 Å². The molecule has 2 aliphatic rings. The Morgan fingerprint density at radius 1 is 0.930 bits per heavy atom.